The number of nitrogens with zero attached hydrogens (tertiary/aromatic N) is 5. The molecule has 1 unspecified atom stereocenters. The molecule has 0 aliphatic carbocycles. The number of guanidine groups is 1. The van der Waals surface area contributed by atoms with Crippen molar-refractivity contribution in [2.75, 3.05) is 38.6 Å². The first-order valence-corrected chi connectivity index (χ1v) is 9.03. The molecule has 0 radical (unpaired) electrons. The van der Waals surface area contributed by atoms with Crippen molar-refractivity contribution in [3.63, 3.8) is 0 Å². The number of likely N-dealkylation sites (tertiary alicyclic amines) is 1. The first-order chi connectivity index (χ1) is 12.6. The van der Waals surface area contributed by atoms with Gasteiger partial charge in [-0.3, -0.25) is 4.90 Å². The Morgan fingerprint density at radius 3 is 2.88 bits per heavy atom. The van der Waals surface area contributed by atoms with Crippen LogP contribution in [0.25, 0.3) is 0 Å². The van der Waals surface area contributed by atoms with Crippen molar-refractivity contribution in [3.05, 3.63) is 31.1 Å². The zero-order valence-electron chi connectivity index (χ0n) is 15.7. The van der Waals surface area contributed by atoms with Crippen molar-refractivity contribution < 1.29 is 4.74 Å². The van der Waals surface area contributed by atoms with Crippen molar-refractivity contribution in [3.8, 4) is 11.9 Å². The molecule has 1 aromatic heterocycles. The molecule has 1 aliphatic rings. The standard InChI is InChI=1S/C19H28N6O/c1-4-21-19(24(3)16(2)14-20)23-17-8-9-18(22-15-17)26-13-12-25-10-6-5-7-11-25/h4,8-9,15-16H,1,5-7,10-13H2,2-3H3,(H,21,23). The zero-order valence-corrected chi connectivity index (χ0v) is 15.7. The van der Waals surface area contributed by atoms with E-state index >= 15 is 0 Å². The third-order valence-electron chi connectivity index (χ3n) is 4.41. The van der Waals surface area contributed by atoms with Gasteiger partial charge in [0.05, 0.1) is 18.0 Å². The van der Waals surface area contributed by atoms with Crippen LogP contribution in [0.3, 0.4) is 0 Å². The molecule has 0 aromatic carbocycles. The van der Waals surface area contributed by atoms with Crippen molar-refractivity contribution >= 4 is 11.6 Å². The lowest BCUT2D eigenvalue weighted by Crippen LogP contribution is -2.38. The van der Waals surface area contributed by atoms with Gasteiger partial charge in [-0.2, -0.15) is 5.26 Å². The van der Waals surface area contributed by atoms with Crippen molar-refractivity contribution in [1.29, 1.82) is 5.26 Å². The summed E-state index contributed by atoms with van der Waals surface area (Å²) in [4.78, 5) is 12.7. The van der Waals surface area contributed by atoms with Crippen molar-refractivity contribution in [2.24, 2.45) is 4.99 Å². The Labute approximate surface area is 156 Å². The Morgan fingerprint density at radius 2 is 2.27 bits per heavy atom. The molecule has 1 fully saturated rings. The van der Waals surface area contributed by atoms with Gasteiger partial charge in [-0.25, -0.2) is 9.98 Å². The smallest absolute Gasteiger partial charge is 0.213 e. The summed E-state index contributed by atoms with van der Waals surface area (Å²) in [6, 6.07) is 5.58. The molecule has 1 atom stereocenters. The van der Waals surface area contributed by atoms with Crippen LogP contribution < -0.4 is 10.1 Å². The number of nitrogens with one attached hydrogen (secondary N) is 1. The molecule has 1 N–H and O–H groups in total. The predicted octanol–water partition coefficient (Wildman–Crippen LogP) is 2.70. The van der Waals surface area contributed by atoms with E-state index in [2.05, 4.69) is 32.8 Å². The summed E-state index contributed by atoms with van der Waals surface area (Å²) in [5.74, 6) is 1.14. The average Bonchev–Trinajstić information content (AvgIpc) is 2.68. The minimum absolute atomic E-state index is 0.313. The molecule has 0 spiro atoms. The third kappa shape index (κ3) is 6.05. The number of pyridine rings is 1. The quantitative estimate of drug-likeness (QED) is 0.598. The summed E-state index contributed by atoms with van der Waals surface area (Å²) in [6.45, 7) is 9.34. The van der Waals surface area contributed by atoms with E-state index in [9.17, 15) is 0 Å². The van der Waals surface area contributed by atoms with E-state index in [1.165, 1.54) is 38.6 Å². The first kappa shape index (κ1) is 19.7. The van der Waals surface area contributed by atoms with E-state index in [-0.39, 0.29) is 6.04 Å². The second-order valence-corrected chi connectivity index (χ2v) is 6.31. The number of aliphatic imine (C=N–C) groups is 1. The molecule has 0 saturated carbocycles. The SMILES string of the molecule is C=C/N=C(/Nc1ccc(OCCN2CCCCC2)nc1)N(C)C(C)C#N. The van der Waals surface area contributed by atoms with Gasteiger partial charge in [-0.1, -0.05) is 13.0 Å². The van der Waals surface area contributed by atoms with Gasteiger partial charge in [0.25, 0.3) is 0 Å². The summed E-state index contributed by atoms with van der Waals surface area (Å²) < 4.78 is 5.74. The zero-order chi connectivity index (χ0) is 18.8. The van der Waals surface area contributed by atoms with E-state index in [1.807, 2.05) is 12.1 Å². The molecular weight excluding hydrogens is 328 g/mol. The summed E-state index contributed by atoms with van der Waals surface area (Å²) in [6.07, 6.45) is 7.04. The molecular formula is C19H28N6O. The van der Waals surface area contributed by atoms with Gasteiger partial charge in [0, 0.05) is 25.9 Å². The van der Waals surface area contributed by atoms with Crippen LogP contribution >= 0.6 is 0 Å². The van der Waals surface area contributed by atoms with Crippen LogP contribution in [0.5, 0.6) is 5.88 Å². The first-order valence-electron chi connectivity index (χ1n) is 9.03. The summed E-state index contributed by atoms with van der Waals surface area (Å²) in [5, 5.41) is 12.2. The molecule has 140 valence electrons. The van der Waals surface area contributed by atoms with Gasteiger partial charge in [-0.05, 0) is 38.9 Å². The lowest BCUT2D eigenvalue weighted by Gasteiger charge is -2.26. The molecule has 7 heteroatoms. The van der Waals surface area contributed by atoms with Crippen LogP contribution in [0, 0.1) is 11.3 Å². The Balaban J connectivity index is 1.86. The highest BCUT2D eigenvalue weighted by Crippen LogP contribution is 2.13. The summed E-state index contributed by atoms with van der Waals surface area (Å²) in [7, 11) is 1.80. The van der Waals surface area contributed by atoms with Crippen LogP contribution in [0.1, 0.15) is 26.2 Å². The fourth-order valence-corrected chi connectivity index (χ4v) is 2.70. The third-order valence-corrected chi connectivity index (χ3v) is 4.41. The Kier molecular flexibility index (Phi) is 7.90. The molecule has 26 heavy (non-hydrogen) atoms. The van der Waals surface area contributed by atoms with Gasteiger partial charge >= 0.3 is 0 Å². The van der Waals surface area contributed by atoms with E-state index in [1.54, 1.807) is 25.1 Å². The number of piperidine rings is 1. The van der Waals surface area contributed by atoms with Gasteiger partial charge in [-0.15, -0.1) is 0 Å². The highest BCUT2D eigenvalue weighted by molar-refractivity contribution is 5.94. The van der Waals surface area contributed by atoms with Gasteiger partial charge < -0.3 is 15.0 Å². The highest BCUT2D eigenvalue weighted by Gasteiger charge is 2.13. The van der Waals surface area contributed by atoms with Crippen LogP contribution in [-0.4, -0.2) is 60.1 Å². The number of aromatic nitrogens is 1. The number of nitriles is 1. The number of hydrogen-bond acceptors (Lipinski definition) is 5. The van der Waals surface area contributed by atoms with Gasteiger partial charge in [0.15, 0.2) is 0 Å². The predicted molar refractivity (Wildman–Crippen MR) is 104 cm³/mol. The second kappa shape index (κ2) is 10.4. The lowest BCUT2D eigenvalue weighted by molar-refractivity contribution is 0.180. The molecule has 1 aromatic rings. The summed E-state index contributed by atoms with van der Waals surface area (Å²) >= 11 is 0. The monoisotopic (exact) mass is 356 g/mol. The van der Waals surface area contributed by atoms with E-state index < -0.39 is 0 Å². The molecule has 2 rings (SSSR count). The fourth-order valence-electron chi connectivity index (χ4n) is 2.70. The van der Waals surface area contributed by atoms with Crippen LogP contribution in [0.2, 0.25) is 0 Å². The summed E-state index contributed by atoms with van der Waals surface area (Å²) in [5.41, 5.74) is 0.769. The topological polar surface area (TPSA) is 76.8 Å². The Hall–Kier alpha value is -2.59. The van der Waals surface area contributed by atoms with Crippen molar-refractivity contribution in [2.45, 2.75) is 32.2 Å². The molecule has 0 amide bonds. The van der Waals surface area contributed by atoms with Crippen LogP contribution in [0.15, 0.2) is 36.1 Å². The highest BCUT2D eigenvalue weighted by atomic mass is 16.5. The van der Waals surface area contributed by atoms with Gasteiger partial charge in [0.1, 0.15) is 12.6 Å². The average molecular weight is 356 g/mol. The minimum atomic E-state index is -0.313. The number of rotatable bonds is 7. The normalized spacial score (nSPS) is 16.4. The molecule has 1 saturated heterocycles. The largest absolute Gasteiger partial charge is 0.476 e. The minimum Gasteiger partial charge on any atom is -0.476 e. The second-order valence-electron chi connectivity index (χ2n) is 6.31. The maximum atomic E-state index is 9.07. The molecule has 1 aliphatic heterocycles. The Morgan fingerprint density at radius 1 is 1.50 bits per heavy atom. The Bertz CT molecular complexity index is 630. The van der Waals surface area contributed by atoms with Crippen molar-refractivity contribution in [1.82, 2.24) is 14.8 Å². The van der Waals surface area contributed by atoms with E-state index in [0.29, 0.717) is 18.4 Å². The molecule has 7 nitrogen and oxygen atoms in total. The number of ether oxygens (including phenoxy) is 1. The lowest BCUT2D eigenvalue weighted by atomic mass is 10.1. The number of hydrogen-bond donors (Lipinski definition) is 1. The maximum absolute atomic E-state index is 9.07. The van der Waals surface area contributed by atoms with Gasteiger partial charge in [0.2, 0.25) is 11.8 Å². The molecule has 2 heterocycles. The van der Waals surface area contributed by atoms with Crippen LogP contribution in [0.4, 0.5) is 5.69 Å². The van der Waals surface area contributed by atoms with E-state index in [0.717, 1.165) is 12.2 Å². The molecule has 0 bridgehead atoms. The number of anilines is 1. The van der Waals surface area contributed by atoms with E-state index in [4.69, 9.17) is 10.00 Å². The fraction of sp³-hybridized carbons (Fsp3) is 0.526. The maximum Gasteiger partial charge on any atom is 0.213 e. The van der Waals surface area contributed by atoms with Crippen LogP contribution in [-0.2, 0) is 0 Å².